The summed E-state index contributed by atoms with van der Waals surface area (Å²) in [5.41, 5.74) is -0.970. The number of benzene rings is 4. The summed E-state index contributed by atoms with van der Waals surface area (Å²) in [5.74, 6) is -1.39. The summed E-state index contributed by atoms with van der Waals surface area (Å²) in [7, 11) is -6.16. The lowest BCUT2D eigenvalue weighted by atomic mass is 9.80. The van der Waals surface area contributed by atoms with Crippen LogP contribution in [-0.2, 0) is 0 Å². The first-order valence-corrected chi connectivity index (χ1v) is 11.0. The molecule has 0 bridgehead atoms. The Morgan fingerprint density at radius 3 is 1.14 bits per heavy atom. The van der Waals surface area contributed by atoms with Gasteiger partial charge < -0.3 is 9.62 Å². The molecule has 0 unspecified atom stereocenters. The molecule has 5 rings (SSSR count). The second-order valence-electron chi connectivity index (χ2n) is 8.02. The molecule has 10 heteroatoms. The molecule has 0 heterocycles. The monoisotopic (exact) mass is 486 g/mol. The van der Waals surface area contributed by atoms with Crippen molar-refractivity contribution >= 4 is 49.1 Å². The van der Waals surface area contributed by atoms with Crippen LogP contribution in [0.2, 0.25) is 0 Å². The van der Waals surface area contributed by atoms with Gasteiger partial charge in [0, 0.05) is 33.9 Å². The summed E-state index contributed by atoms with van der Waals surface area (Å²) in [6.45, 7) is 0. The molecule has 4 aromatic rings. The van der Waals surface area contributed by atoms with Crippen molar-refractivity contribution < 1.29 is 26.9 Å². The summed E-state index contributed by atoms with van der Waals surface area (Å²) in [6.07, 6.45) is 0. The van der Waals surface area contributed by atoms with Gasteiger partial charge in [0.05, 0.1) is 11.1 Å². The molecule has 0 aliphatic heterocycles. The second kappa shape index (κ2) is 9.37. The molecule has 36 heavy (non-hydrogen) atoms. The zero-order valence-electron chi connectivity index (χ0n) is 18.6. The summed E-state index contributed by atoms with van der Waals surface area (Å²) in [4.78, 5) is 28.6. The maximum absolute atomic E-state index is 14.4. The highest BCUT2D eigenvalue weighted by Crippen LogP contribution is 2.43. The van der Waals surface area contributed by atoms with Crippen molar-refractivity contribution in [2.24, 2.45) is 0 Å². The van der Waals surface area contributed by atoms with Crippen molar-refractivity contribution in [3.63, 3.8) is 0 Å². The topological polar surface area (TPSA) is 40.6 Å². The Balaban J connectivity index is 1.83. The first kappa shape index (κ1) is 23.4. The van der Waals surface area contributed by atoms with E-state index < -0.39 is 26.4 Å². The molecule has 0 spiro atoms. The first-order valence-electron chi connectivity index (χ1n) is 11.0. The zero-order chi connectivity index (χ0) is 25.4. The lowest BCUT2D eigenvalue weighted by Gasteiger charge is -2.32. The van der Waals surface area contributed by atoms with Gasteiger partial charge in [-0.1, -0.05) is 60.7 Å². The molecule has 176 valence electrons. The maximum Gasteiger partial charge on any atom is 0.678 e. The average molecular weight is 486 g/mol. The van der Waals surface area contributed by atoms with Gasteiger partial charge in [0.25, 0.3) is 0 Å². The van der Waals surface area contributed by atoms with Crippen LogP contribution in [0.5, 0.6) is 0 Å². The Bertz CT molecular complexity index is 1340. The molecule has 4 aromatic carbocycles. The largest absolute Gasteiger partial charge is 0.678 e. The number of rotatable bonds is 6. The molecule has 0 fully saturated rings. The molecule has 0 atom stereocenters. The van der Waals surface area contributed by atoms with Crippen LogP contribution in [0.1, 0.15) is 31.8 Å². The fraction of sp³-hybridized carbons (Fsp3) is 0. The van der Waals surface area contributed by atoms with Gasteiger partial charge in [0.1, 0.15) is 0 Å². The van der Waals surface area contributed by atoms with E-state index in [1.54, 1.807) is 48.5 Å². The smallest absolute Gasteiger partial charge is 0.325 e. The summed E-state index contributed by atoms with van der Waals surface area (Å²) in [6, 6.07) is 23.6. The van der Waals surface area contributed by atoms with Crippen LogP contribution < -0.4 is 9.62 Å². The highest BCUT2D eigenvalue weighted by atomic mass is 19.2. The lowest BCUT2D eigenvalue weighted by molar-refractivity contribution is 0.0980. The van der Waals surface area contributed by atoms with Gasteiger partial charge in [-0.3, -0.25) is 26.9 Å². The molecule has 0 aromatic heterocycles. The molecule has 1 aliphatic rings. The quantitative estimate of drug-likeness (QED) is 0.201. The van der Waals surface area contributed by atoms with Crippen molar-refractivity contribution in [3.8, 4) is 0 Å². The minimum Gasteiger partial charge on any atom is -0.325 e. The van der Waals surface area contributed by atoms with Gasteiger partial charge in [-0.25, -0.2) is 0 Å². The Hall–Kier alpha value is -4.33. The van der Waals surface area contributed by atoms with Crippen molar-refractivity contribution in [2.45, 2.75) is 0 Å². The normalized spacial score (nSPS) is 12.0. The number of ketones is 2. The van der Waals surface area contributed by atoms with Crippen LogP contribution in [0.25, 0.3) is 0 Å². The van der Waals surface area contributed by atoms with Crippen LogP contribution in [-0.4, -0.2) is 26.4 Å². The van der Waals surface area contributed by atoms with E-state index in [4.69, 9.17) is 0 Å². The third kappa shape index (κ3) is 3.84. The fourth-order valence-electron chi connectivity index (χ4n) is 4.48. The highest BCUT2D eigenvalue weighted by molar-refractivity contribution is 6.53. The lowest BCUT2D eigenvalue weighted by Crippen LogP contribution is -2.35. The van der Waals surface area contributed by atoms with Crippen LogP contribution in [0.3, 0.4) is 0 Å². The number of hydrogen-bond acceptors (Lipinski definition) is 4. The molecule has 1 aliphatic carbocycles. The number of fused-ring (bicyclic) bond motifs is 2. The summed E-state index contributed by atoms with van der Waals surface area (Å²) >= 11 is 0. The Kier molecular flexibility index (Phi) is 6.10. The summed E-state index contributed by atoms with van der Waals surface area (Å²) < 4.78 is 57.6. The van der Waals surface area contributed by atoms with Gasteiger partial charge in [0.15, 0.2) is 11.6 Å². The van der Waals surface area contributed by atoms with E-state index in [1.165, 1.54) is 48.5 Å². The number of halogens is 4. The Labute approximate surface area is 205 Å². The first-order chi connectivity index (χ1) is 17.4. The van der Waals surface area contributed by atoms with Crippen molar-refractivity contribution in [3.05, 3.63) is 119 Å². The van der Waals surface area contributed by atoms with Crippen molar-refractivity contribution in [2.75, 3.05) is 9.62 Å². The van der Waals surface area contributed by atoms with Crippen LogP contribution in [0.15, 0.2) is 97.1 Å². The number of carbonyl (C=O) groups excluding carboxylic acids is 2. The van der Waals surface area contributed by atoms with Gasteiger partial charge in [0.2, 0.25) is 0 Å². The Morgan fingerprint density at radius 2 is 0.806 bits per heavy atom. The standard InChI is InChI=1S/C26H16B2F4N2O2/c29-27(30)33(17-9-3-1-4-10-17)21-15-16-22(34(28(31)32)18-11-5-2-6-12-18)24-23(21)25(35)19-13-7-8-14-20(19)26(24)36/h1-16H. The molecule has 4 nitrogen and oxygen atoms in total. The molecule has 0 radical (unpaired) electrons. The predicted octanol–water partition coefficient (Wildman–Crippen LogP) is 6.59. The van der Waals surface area contributed by atoms with E-state index in [0.717, 1.165) is 0 Å². The van der Waals surface area contributed by atoms with Crippen LogP contribution >= 0.6 is 0 Å². The maximum atomic E-state index is 14.4. The third-order valence-corrected chi connectivity index (χ3v) is 6.01. The molecule has 0 N–H and O–H groups in total. The van der Waals surface area contributed by atoms with E-state index in [9.17, 15) is 26.9 Å². The van der Waals surface area contributed by atoms with Gasteiger partial charge in [-0.05, 0) is 36.4 Å². The number of carbonyl (C=O) groups is 2. The van der Waals surface area contributed by atoms with Gasteiger partial charge in [-0.2, -0.15) is 0 Å². The van der Waals surface area contributed by atoms with E-state index in [0.29, 0.717) is 9.62 Å². The molecule has 0 saturated heterocycles. The SMILES string of the molecule is O=C1c2ccccc2C(=O)c2c(N(B(F)F)c3ccccc3)ccc(N(B(F)F)c3ccccc3)c21. The van der Waals surface area contributed by atoms with Crippen LogP contribution in [0.4, 0.5) is 40.0 Å². The molecular formula is C26H16B2F4N2O2. The number of hydrogen-bond donors (Lipinski definition) is 0. The summed E-state index contributed by atoms with van der Waals surface area (Å²) in [5, 5.41) is 0. The predicted molar refractivity (Wildman–Crippen MR) is 133 cm³/mol. The van der Waals surface area contributed by atoms with Crippen molar-refractivity contribution in [1.82, 2.24) is 0 Å². The van der Waals surface area contributed by atoms with Gasteiger partial charge in [-0.15, -0.1) is 0 Å². The molecular weight excluding hydrogens is 470 g/mol. The van der Waals surface area contributed by atoms with Gasteiger partial charge >= 0.3 is 14.8 Å². The number of anilines is 4. The number of para-hydroxylation sites is 2. The molecule has 0 amide bonds. The minimum atomic E-state index is -3.08. The zero-order valence-corrected chi connectivity index (χ0v) is 18.6. The average Bonchev–Trinajstić information content (AvgIpc) is 2.89. The van der Waals surface area contributed by atoms with E-state index >= 15 is 0 Å². The molecule has 0 saturated carbocycles. The second-order valence-corrected chi connectivity index (χ2v) is 8.02. The van der Waals surface area contributed by atoms with E-state index in [-0.39, 0.29) is 45.0 Å². The van der Waals surface area contributed by atoms with E-state index in [1.807, 2.05) is 0 Å². The van der Waals surface area contributed by atoms with E-state index in [2.05, 4.69) is 0 Å². The Morgan fingerprint density at radius 1 is 0.472 bits per heavy atom. The van der Waals surface area contributed by atoms with Crippen LogP contribution in [0, 0.1) is 0 Å². The number of nitrogens with zero attached hydrogens (tertiary/aromatic N) is 2. The highest BCUT2D eigenvalue weighted by Gasteiger charge is 2.41. The fourth-order valence-corrected chi connectivity index (χ4v) is 4.48. The minimum absolute atomic E-state index is 0.0268. The van der Waals surface area contributed by atoms with Crippen molar-refractivity contribution in [1.29, 1.82) is 0 Å². The third-order valence-electron chi connectivity index (χ3n) is 6.01.